The summed E-state index contributed by atoms with van der Waals surface area (Å²) in [5.41, 5.74) is 0.943. The highest BCUT2D eigenvalue weighted by Crippen LogP contribution is 2.20. The molecule has 0 radical (unpaired) electrons. The van der Waals surface area contributed by atoms with Gasteiger partial charge in [-0.25, -0.2) is 4.79 Å². The number of carbonyl (C=O) groups is 2. The molecule has 0 saturated heterocycles. The molecule has 0 aromatic carbocycles. The first-order chi connectivity index (χ1) is 9.86. The number of ether oxygens (including phenoxy) is 1. The zero-order valence-corrected chi connectivity index (χ0v) is 13.4. The van der Waals surface area contributed by atoms with Gasteiger partial charge in [-0.15, -0.1) is 0 Å². The van der Waals surface area contributed by atoms with E-state index in [0.29, 0.717) is 28.9 Å². The van der Waals surface area contributed by atoms with Crippen molar-refractivity contribution in [3.05, 3.63) is 28.6 Å². The second-order valence-corrected chi connectivity index (χ2v) is 5.32. The van der Waals surface area contributed by atoms with Gasteiger partial charge in [0, 0.05) is 19.2 Å². The van der Waals surface area contributed by atoms with E-state index in [1.54, 1.807) is 11.6 Å². The van der Waals surface area contributed by atoms with Gasteiger partial charge >= 0.3 is 5.97 Å². The van der Waals surface area contributed by atoms with Gasteiger partial charge in [0.2, 0.25) is 0 Å². The van der Waals surface area contributed by atoms with Gasteiger partial charge in [0.1, 0.15) is 5.15 Å². The molecule has 0 unspecified atom stereocenters. The number of carbonyl (C=O) groups excluding carboxylic acids is 2. The van der Waals surface area contributed by atoms with E-state index in [9.17, 15) is 9.59 Å². The number of methoxy groups -OCH3 is 1. The minimum atomic E-state index is -0.469. The maximum absolute atomic E-state index is 12.1. The molecular formula is C14H20ClN3O3. The van der Waals surface area contributed by atoms with Crippen molar-refractivity contribution in [2.75, 3.05) is 13.7 Å². The minimum absolute atomic E-state index is 0.207. The molecule has 0 saturated carbocycles. The lowest BCUT2D eigenvalue weighted by Gasteiger charge is -2.06. The van der Waals surface area contributed by atoms with Crippen LogP contribution >= 0.6 is 11.6 Å². The monoisotopic (exact) mass is 313 g/mol. The summed E-state index contributed by atoms with van der Waals surface area (Å²) in [4.78, 5) is 23.0. The number of amides is 1. The maximum Gasteiger partial charge on any atom is 0.330 e. The SMILES string of the molecule is COC(=O)/C=C/CNC(=O)c1c(C)nn(CC(C)C)c1Cl. The Morgan fingerprint density at radius 1 is 1.48 bits per heavy atom. The van der Waals surface area contributed by atoms with E-state index < -0.39 is 5.97 Å². The first-order valence-electron chi connectivity index (χ1n) is 6.62. The van der Waals surface area contributed by atoms with Crippen LogP contribution in [0, 0.1) is 12.8 Å². The van der Waals surface area contributed by atoms with E-state index in [1.807, 2.05) is 13.8 Å². The number of rotatable bonds is 6. The molecule has 116 valence electrons. The van der Waals surface area contributed by atoms with Crippen molar-refractivity contribution in [3.63, 3.8) is 0 Å². The van der Waals surface area contributed by atoms with Crippen molar-refractivity contribution in [2.45, 2.75) is 27.3 Å². The third-order valence-corrected chi connectivity index (χ3v) is 3.05. The van der Waals surface area contributed by atoms with Crippen molar-refractivity contribution in [1.82, 2.24) is 15.1 Å². The molecular weight excluding hydrogens is 294 g/mol. The lowest BCUT2D eigenvalue weighted by atomic mass is 10.2. The fourth-order valence-corrected chi connectivity index (χ4v) is 2.07. The van der Waals surface area contributed by atoms with Crippen LogP contribution in [0.3, 0.4) is 0 Å². The zero-order valence-electron chi connectivity index (χ0n) is 12.6. The summed E-state index contributed by atoms with van der Waals surface area (Å²) in [5, 5.41) is 7.26. The molecule has 1 N–H and O–H groups in total. The van der Waals surface area contributed by atoms with E-state index in [1.165, 1.54) is 19.3 Å². The first kappa shape index (κ1) is 17.2. The Balaban J connectivity index is 2.72. The Kier molecular flexibility index (Phi) is 6.42. The summed E-state index contributed by atoms with van der Waals surface area (Å²) in [5.74, 6) is -0.411. The maximum atomic E-state index is 12.1. The topological polar surface area (TPSA) is 73.2 Å². The Labute approximate surface area is 129 Å². The Morgan fingerprint density at radius 3 is 2.71 bits per heavy atom. The van der Waals surface area contributed by atoms with Crippen LogP contribution in [0.1, 0.15) is 29.9 Å². The van der Waals surface area contributed by atoms with Crippen LogP contribution in [0.2, 0.25) is 5.15 Å². The van der Waals surface area contributed by atoms with Gasteiger partial charge in [0.25, 0.3) is 5.91 Å². The van der Waals surface area contributed by atoms with Crippen LogP contribution in [0.4, 0.5) is 0 Å². The van der Waals surface area contributed by atoms with Crippen molar-refractivity contribution in [3.8, 4) is 0 Å². The zero-order chi connectivity index (χ0) is 16.0. The summed E-state index contributed by atoms with van der Waals surface area (Å²) in [6, 6.07) is 0. The van der Waals surface area contributed by atoms with E-state index in [4.69, 9.17) is 11.6 Å². The lowest BCUT2D eigenvalue weighted by molar-refractivity contribution is -0.134. The van der Waals surface area contributed by atoms with Crippen molar-refractivity contribution < 1.29 is 14.3 Å². The summed E-state index contributed by atoms with van der Waals surface area (Å²) < 4.78 is 6.07. The van der Waals surface area contributed by atoms with E-state index in [-0.39, 0.29) is 12.5 Å². The van der Waals surface area contributed by atoms with Crippen molar-refractivity contribution >= 4 is 23.5 Å². The second kappa shape index (κ2) is 7.83. The van der Waals surface area contributed by atoms with Crippen LogP contribution < -0.4 is 5.32 Å². The second-order valence-electron chi connectivity index (χ2n) is 4.96. The van der Waals surface area contributed by atoms with Gasteiger partial charge in [-0.1, -0.05) is 31.5 Å². The standard InChI is InChI=1S/C14H20ClN3O3/c1-9(2)8-18-13(15)12(10(3)17-18)14(20)16-7-5-6-11(19)21-4/h5-6,9H,7-8H2,1-4H3,(H,16,20)/b6-5+. The summed E-state index contributed by atoms with van der Waals surface area (Å²) >= 11 is 6.20. The fraction of sp³-hybridized carbons (Fsp3) is 0.500. The highest BCUT2D eigenvalue weighted by Gasteiger charge is 2.20. The fourth-order valence-electron chi connectivity index (χ4n) is 1.74. The Bertz CT molecular complexity index is 550. The highest BCUT2D eigenvalue weighted by molar-refractivity contribution is 6.33. The molecule has 0 bridgehead atoms. The molecule has 1 aromatic heterocycles. The molecule has 21 heavy (non-hydrogen) atoms. The van der Waals surface area contributed by atoms with Crippen molar-refractivity contribution in [2.24, 2.45) is 5.92 Å². The Hall–Kier alpha value is -1.82. The summed E-state index contributed by atoms with van der Waals surface area (Å²) in [6.45, 7) is 6.69. The van der Waals surface area contributed by atoms with Gasteiger partial charge in [-0.3, -0.25) is 9.48 Å². The molecule has 1 rings (SSSR count). The number of halogens is 1. The van der Waals surface area contributed by atoms with E-state index in [0.717, 1.165) is 0 Å². The number of aromatic nitrogens is 2. The van der Waals surface area contributed by atoms with Gasteiger partial charge in [-0.2, -0.15) is 5.10 Å². The van der Waals surface area contributed by atoms with Gasteiger partial charge in [0.05, 0.1) is 18.4 Å². The summed E-state index contributed by atoms with van der Waals surface area (Å²) in [7, 11) is 1.29. The molecule has 1 amide bonds. The molecule has 1 aromatic rings. The molecule has 0 aliphatic rings. The van der Waals surface area contributed by atoms with Gasteiger partial charge in [0.15, 0.2) is 0 Å². The van der Waals surface area contributed by atoms with Gasteiger partial charge in [-0.05, 0) is 12.8 Å². The van der Waals surface area contributed by atoms with Crippen LogP contribution in [-0.4, -0.2) is 35.3 Å². The lowest BCUT2D eigenvalue weighted by Crippen LogP contribution is -2.24. The van der Waals surface area contributed by atoms with Gasteiger partial charge < -0.3 is 10.1 Å². The van der Waals surface area contributed by atoms with Crippen LogP contribution in [0.25, 0.3) is 0 Å². The molecule has 6 nitrogen and oxygen atoms in total. The van der Waals surface area contributed by atoms with E-state index in [2.05, 4.69) is 15.2 Å². The number of nitrogens with one attached hydrogen (secondary N) is 1. The predicted molar refractivity (Wildman–Crippen MR) is 80.3 cm³/mol. The average molecular weight is 314 g/mol. The number of hydrogen-bond acceptors (Lipinski definition) is 4. The van der Waals surface area contributed by atoms with Crippen LogP contribution in [-0.2, 0) is 16.1 Å². The molecule has 7 heteroatoms. The molecule has 0 spiro atoms. The average Bonchev–Trinajstić information content (AvgIpc) is 2.68. The first-order valence-corrected chi connectivity index (χ1v) is 7.00. The number of nitrogens with zero attached hydrogens (tertiary/aromatic N) is 2. The summed E-state index contributed by atoms with van der Waals surface area (Å²) in [6.07, 6.45) is 2.75. The smallest absolute Gasteiger partial charge is 0.330 e. The Morgan fingerprint density at radius 2 is 2.14 bits per heavy atom. The van der Waals surface area contributed by atoms with Crippen LogP contribution in [0.15, 0.2) is 12.2 Å². The van der Waals surface area contributed by atoms with Crippen molar-refractivity contribution in [1.29, 1.82) is 0 Å². The molecule has 1 heterocycles. The molecule has 0 fully saturated rings. The molecule has 0 aliphatic heterocycles. The van der Waals surface area contributed by atoms with Crippen LogP contribution in [0.5, 0.6) is 0 Å². The minimum Gasteiger partial charge on any atom is -0.466 e. The molecule has 0 atom stereocenters. The number of hydrogen-bond donors (Lipinski definition) is 1. The highest BCUT2D eigenvalue weighted by atomic mass is 35.5. The third-order valence-electron chi connectivity index (χ3n) is 2.67. The number of esters is 1. The number of aryl methyl sites for hydroxylation is 1. The largest absolute Gasteiger partial charge is 0.466 e. The quantitative estimate of drug-likeness (QED) is 0.643. The normalized spacial score (nSPS) is 11.1. The molecule has 0 aliphatic carbocycles. The third kappa shape index (κ3) is 4.90. The van der Waals surface area contributed by atoms with E-state index >= 15 is 0 Å². The predicted octanol–water partition coefficient (Wildman–Crippen LogP) is 1.96.